The average molecular weight is 292 g/mol. The molecule has 0 saturated carbocycles. The van der Waals surface area contributed by atoms with Crippen LogP contribution in [0.15, 0.2) is 0 Å². The van der Waals surface area contributed by atoms with Crippen LogP contribution in [0.4, 0.5) is 18.3 Å². The molecule has 3 heterocycles. The molecule has 0 bridgehead atoms. The van der Waals surface area contributed by atoms with E-state index in [0.29, 0.717) is 28.3 Å². The average Bonchev–Trinajstić information content (AvgIpc) is 2.95. The monoisotopic (exact) mass is 292 g/mol. The highest BCUT2D eigenvalue weighted by Gasteiger charge is 2.51. The molecule has 2 atom stereocenters. The van der Waals surface area contributed by atoms with Gasteiger partial charge in [-0.2, -0.15) is 13.2 Å². The number of alkyl halides is 3. The Morgan fingerprint density at radius 1 is 1.32 bits per heavy atom. The fraction of sp³-hybridized carbons (Fsp3) is 0.818. The largest absolute Gasteiger partial charge is 0.445 e. The third kappa shape index (κ3) is 2.01. The Morgan fingerprint density at radius 3 is 2.63 bits per heavy atom. The van der Waals surface area contributed by atoms with Gasteiger partial charge in [0.2, 0.25) is 10.1 Å². The Labute approximate surface area is 113 Å². The van der Waals surface area contributed by atoms with E-state index in [2.05, 4.69) is 29.4 Å². The molecule has 1 N–H and O–H groups in total. The molecule has 2 aliphatic rings. The van der Waals surface area contributed by atoms with Crippen molar-refractivity contribution >= 4 is 16.5 Å². The van der Waals surface area contributed by atoms with Crippen LogP contribution in [0.3, 0.4) is 0 Å². The van der Waals surface area contributed by atoms with Gasteiger partial charge in [-0.05, 0) is 25.7 Å². The molecule has 1 aromatic rings. The van der Waals surface area contributed by atoms with Crippen LogP contribution in [0.1, 0.15) is 18.9 Å². The van der Waals surface area contributed by atoms with Crippen LogP contribution in [0.25, 0.3) is 0 Å². The van der Waals surface area contributed by atoms with Gasteiger partial charge in [0.25, 0.3) is 0 Å². The zero-order valence-electron chi connectivity index (χ0n) is 10.7. The number of nitrogens with zero attached hydrogens (tertiary/aromatic N) is 3. The van der Waals surface area contributed by atoms with Gasteiger partial charge in [0.15, 0.2) is 0 Å². The fourth-order valence-corrected chi connectivity index (χ4v) is 4.06. The Balaban J connectivity index is 1.89. The van der Waals surface area contributed by atoms with Crippen molar-refractivity contribution in [1.29, 1.82) is 0 Å². The maximum absolute atomic E-state index is 12.6. The quantitative estimate of drug-likeness (QED) is 0.859. The number of rotatable bonds is 1. The third-order valence-electron chi connectivity index (χ3n) is 4.25. The molecule has 2 aliphatic heterocycles. The Hall–Kier alpha value is -0.890. The maximum Gasteiger partial charge on any atom is 0.445 e. The molecule has 0 radical (unpaired) electrons. The third-order valence-corrected chi connectivity index (χ3v) is 5.24. The van der Waals surface area contributed by atoms with E-state index >= 15 is 0 Å². The van der Waals surface area contributed by atoms with Gasteiger partial charge in [-0.25, -0.2) is 0 Å². The van der Waals surface area contributed by atoms with Gasteiger partial charge in [-0.15, -0.1) is 10.2 Å². The summed E-state index contributed by atoms with van der Waals surface area (Å²) in [6.07, 6.45) is -4.41. The topological polar surface area (TPSA) is 41.0 Å². The van der Waals surface area contributed by atoms with Crippen molar-refractivity contribution in [2.75, 3.05) is 24.5 Å². The second-order valence-corrected chi connectivity index (χ2v) is 6.63. The predicted octanol–water partition coefficient (Wildman–Crippen LogP) is 1.99. The second-order valence-electron chi connectivity index (χ2n) is 5.68. The zero-order valence-corrected chi connectivity index (χ0v) is 11.5. The summed E-state index contributed by atoms with van der Waals surface area (Å²) in [5.41, 5.74) is -0.184. The highest BCUT2D eigenvalue weighted by atomic mass is 32.1. The number of fused-ring (bicyclic) bond motifs is 1. The number of nitrogens with one attached hydrogen (secondary N) is 1. The van der Waals surface area contributed by atoms with Gasteiger partial charge in [0, 0.05) is 25.2 Å². The molecular weight excluding hydrogens is 277 g/mol. The van der Waals surface area contributed by atoms with E-state index in [4.69, 9.17) is 0 Å². The van der Waals surface area contributed by atoms with Gasteiger partial charge in [-0.1, -0.05) is 11.3 Å². The summed E-state index contributed by atoms with van der Waals surface area (Å²) in [6.45, 7) is 6.73. The van der Waals surface area contributed by atoms with Crippen molar-refractivity contribution in [1.82, 2.24) is 15.5 Å². The Bertz CT molecular complexity index is 485. The summed E-state index contributed by atoms with van der Waals surface area (Å²) in [5.74, 6) is 0.930. The molecule has 8 heteroatoms. The van der Waals surface area contributed by atoms with Gasteiger partial charge in [0.05, 0.1) is 0 Å². The van der Waals surface area contributed by atoms with E-state index in [9.17, 15) is 13.2 Å². The number of hydrogen-bond donors (Lipinski definition) is 1. The van der Waals surface area contributed by atoms with E-state index in [1.165, 1.54) is 0 Å². The Morgan fingerprint density at radius 2 is 2.05 bits per heavy atom. The van der Waals surface area contributed by atoms with Gasteiger partial charge in [-0.3, -0.25) is 0 Å². The second kappa shape index (κ2) is 4.05. The molecule has 4 nitrogen and oxygen atoms in total. The van der Waals surface area contributed by atoms with Crippen LogP contribution < -0.4 is 10.2 Å². The highest BCUT2D eigenvalue weighted by Crippen LogP contribution is 2.45. The van der Waals surface area contributed by atoms with E-state index in [1.54, 1.807) is 0 Å². The van der Waals surface area contributed by atoms with E-state index in [1.807, 2.05) is 4.90 Å². The van der Waals surface area contributed by atoms with Gasteiger partial charge < -0.3 is 10.2 Å². The first-order chi connectivity index (χ1) is 8.80. The van der Waals surface area contributed by atoms with Gasteiger partial charge in [0.1, 0.15) is 0 Å². The van der Waals surface area contributed by atoms with E-state index < -0.39 is 11.2 Å². The molecule has 0 aromatic carbocycles. The molecule has 2 saturated heterocycles. The van der Waals surface area contributed by atoms with Crippen molar-refractivity contribution in [2.45, 2.75) is 25.6 Å². The van der Waals surface area contributed by atoms with Crippen molar-refractivity contribution in [3.63, 3.8) is 0 Å². The first kappa shape index (κ1) is 13.1. The smallest absolute Gasteiger partial charge is 0.341 e. The van der Waals surface area contributed by atoms with Crippen molar-refractivity contribution in [3.05, 3.63) is 5.01 Å². The summed E-state index contributed by atoms with van der Waals surface area (Å²) in [4.78, 5) is 1.98. The summed E-state index contributed by atoms with van der Waals surface area (Å²) in [5, 5.41) is 9.88. The number of hydrogen-bond acceptors (Lipinski definition) is 5. The molecule has 19 heavy (non-hydrogen) atoms. The molecule has 0 amide bonds. The van der Waals surface area contributed by atoms with Crippen LogP contribution >= 0.6 is 11.3 Å². The zero-order chi connectivity index (χ0) is 13.8. The molecule has 106 valence electrons. The lowest BCUT2D eigenvalue weighted by atomic mass is 9.85. The van der Waals surface area contributed by atoms with Crippen LogP contribution in [0.2, 0.25) is 0 Å². The minimum Gasteiger partial charge on any atom is -0.341 e. The summed E-state index contributed by atoms with van der Waals surface area (Å²) in [6, 6.07) is 0. The van der Waals surface area contributed by atoms with E-state index in [0.717, 1.165) is 19.6 Å². The SMILES string of the molecule is CC1(C)C2CNCC2CN1c1nnc(C(F)(F)F)s1. The fourth-order valence-electron chi connectivity index (χ4n) is 3.19. The number of halogens is 3. The van der Waals surface area contributed by atoms with E-state index in [-0.39, 0.29) is 5.54 Å². The van der Waals surface area contributed by atoms with Crippen LogP contribution in [-0.4, -0.2) is 35.4 Å². The minimum absolute atomic E-state index is 0.184. The molecule has 1 aromatic heterocycles. The lowest BCUT2D eigenvalue weighted by molar-refractivity contribution is -0.138. The van der Waals surface area contributed by atoms with Crippen LogP contribution in [-0.2, 0) is 6.18 Å². The normalized spacial score (nSPS) is 29.8. The van der Waals surface area contributed by atoms with Gasteiger partial charge >= 0.3 is 6.18 Å². The van der Waals surface area contributed by atoms with Crippen LogP contribution in [0, 0.1) is 11.8 Å². The first-order valence-corrected chi connectivity index (χ1v) is 7.01. The molecule has 2 unspecified atom stereocenters. The predicted molar refractivity (Wildman–Crippen MR) is 66.2 cm³/mol. The summed E-state index contributed by atoms with van der Waals surface area (Å²) < 4.78 is 37.8. The lowest BCUT2D eigenvalue weighted by Gasteiger charge is -2.35. The molecule has 0 spiro atoms. The molecular formula is C11H15F3N4S. The highest BCUT2D eigenvalue weighted by molar-refractivity contribution is 7.15. The maximum atomic E-state index is 12.6. The van der Waals surface area contributed by atoms with Crippen molar-refractivity contribution < 1.29 is 13.2 Å². The summed E-state index contributed by atoms with van der Waals surface area (Å²) in [7, 11) is 0. The number of anilines is 1. The summed E-state index contributed by atoms with van der Waals surface area (Å²) >= 11 is 0.636. The molecule has 2 fully saturated rings. The molecule has 0 aliphatic carbocycles. The Kier molecular flexibility index (Phi) is 2.79. The lowest BCUT2D eigenvalue weighted by Crippen LogP contribution is -2.44. The minimum atomic E-state index is -4.41. The molecule has 3 rings (SSSR count). The number of aromatic nitrogens is 2. The van der Waals surface area contributed by atoms with Crippen molar-refractivity contribution in [2.24, 2.45) is 11.8 Å². The first-order valence-electron chi connectivity index (χ1n) is 6.19. The van der Waals surface area contributed by atoms with Crippen molar-refractivity contribution in [3.8, 4) is 0 Å². The van der Waals surface area contributed by atoms with Crippen LogP contribution in [0.5, 0.6) is 0 Å². The standard InChI is InChI=1S/C11H15F3N4S/c1-10(2)7-4-15-3-6(7)5-18(10)9-17-16-8(19-9)11(12,13)14/h6-7,15H,3-5H2,1-2H3.